The molecule has 5 rings (SSSR count). The van der Waals surface area contributed by atoms with E-state index in [0.29, 0.717) is 6.61 Å². The highest BCUT2D eigenvalue weighted by Gasteiger charge is 2.21. The van der Waals surface area contributed by atoms with Crippen LogP contribution in [0.25, 0.3) is 21.5 Å². The summed E-state index contributed by atoms with van der Waals surface area (Å²) in [6.45, 7) is 8.09. The Kier molecular flexibility index (Phi) is 9.28. The fraction of sp³-hybridized carbons (Fsp3) is 0.235. The molecule has 0 N–H and O–H groups in total. The van der Waals surface area contributed by atoms with Gasteiger partial charge in [0, 0.05) is 12.5 Å². The van der Waals surface area contributed by atoms with Gasteiger partial charge in [-0.1, -0.05) is 86.6 Å². The number of hydrogen-bond acceptors (Lipinski definition) is 3. The van der Waals surface area contributed by atoms with Crippen LogP contribution >= 0.6 is 12.4 Å². The number of halogens is 1. The number of fused-ring (bicyclic) bond motifs is 3. The van der Waals surface area contributed by atoms with Crippen LogP contribution in [0.15, 0.2) is 103 Å². The lowest BCUT2D eigenvalue weighted by molar-refractivity contribution is 0.223. The van der Waals surface area contributed by atoms with Crippen molar-refractivity contribution in [3.05, 3.63) is 120 Å². The topological polar surface area (TPSA) is 21.7 Å². The van der Waals surface area contributed by atoms with Crippen molar-refractivity contribution in [2.45, 2.75) is 19.8 Å². The predicted octanol–water partition coefficient (Wildman–Crippen LogP) is 8.32. The quantitative estimate of drug-likeness (QED) is 0.135. The van der Waals surface area contributed by atoms with Crippen LogP contribution in [0.2, 0.25) is 0 Å². The van der Waals surface area contributed by atoms with Crippen LogP contribution in [0.5, 0.6) is 11.5 Å². The molecule has 1 unspecified atom stereocenters. The minimum absolute atomic E-state index is 0. The molecule has 0 aliphatic heterocycles. The Labute approximate surface area is 232 Å². The average Bonchev–Trinajstić information content (AvgIpc) is 2.96. The second-order valence-corrected chi connectivity index (χ2v) is 9.39. The Morgan fingerprint density at radius 1 is 0.658 bits per heavy atom. The van der Waals surface area contributed by atoms with Crippen molar-refractivity contribution < 1.29 is 9.47 Å². The van der Waals surface area contributed by atoms with E-state index in [2.05, 4.69) is 116 Å². The minimum atomic E-state index is 0. The summed E-state index contributed by atoms with van der Waals surface area (Å²) in [5, 5.41) is 5.08. The van der Waals surface area contributed by atoms with E-state index in [1.54, 1.807) is 7.11 Å². The molecule has 0 aliphatic rings. The van der Waals surface area contributed by atoms with Crippen LogP contribution in [0.3, 0.4) is 0 Å². The van der Waals surface area contributed by atoms with Gasteiger partial charge >= 0.3 is 0 Å². The summed E-state index contributed by atoms with van der Waals surface area (Å²) in [5.74, 6) is 1.82. The number of nitrogens with zero attached hydrogens (tertiary/aromatic N) is 1. The molecule has 0 fully saturated rings. The molecule has 0 saturated carbocycles. The van der Waals surface area contributed by atoms with E-state index in [0.717, 1.165) is 31.1 Å². The van der Waals surface area contributed by atoms with E-state index in [1.165, 1.54) is 38.2 Å². The molecule has 1 atom stereocenters. The highest BCUT2D eigenvalue weighted by atomic mass is 35.5. The van der Waals surface area contributed by atoms with Crippen LogP contribution < -0.4 is 9.47 Å². The standard InChI is InChI=1S/C34H35NO2.ClH/c1-4-35(5-2)21-22-37-28-19-17-25(18-20-28)34(27-12-10-13-29(23-27)36-3)33-24-26-11-6-7-14-30(26)31-15-8-9-16-32(31)33;/h6-20,23-24,34H,4-5,21-22H2,1-3H3;1H. The third kappa shape index (κ3) is 5.80. The van der Waals surface area contributed by atoms with Crippen LogP contribution in [-0.4, -0.2) is 38.3 Å². The molecule has 0 saturated heterocycles. The molecule has 3 nitrogen and oxygen atoms in total. The Hall–Kier alpha value is -3.53. The monoisotopic (exact) mass is 525 g/mol. The lowest BCUT2D eigenvalue weighted by Crippen LogP contribution is -2.27. The maximum Gasteiger partial charge on any atom is 0.119 e. The molecule has 0 bridgehead atoms. The van der Waals surface area contributed by atoms with Gasteiger partial charge in [-0.15, -0.1) is 12.4 Å². The molecule has 0 heterocycles. The zero-order chi connectivity index (χ0) is 25.6. The first-order chi connectivity index (χ1) is 18.2. The Balaban J connectivity index is 0.00000336. The summed E-state index contributed by atoms with van der Waals surface area (Å²) in [7, 11) is 1.73. The summed E-state index contributed by atoms with van der Waals surface area (Å²) in [4.78, 5) is 2.37. The van der Waals surface area contributed by atoms with Gasteiger partial charge in [-0.05, 0) is 81.7 Å². The van der Waals surface area contributed by atoms with E-state index in [1.807, 2.05) is 6.07 Å². The molecule has 0 spiro atoms. The Bertz CT molecular complexity index is 1480. The van der Waals surface area contributed by atoms with Crippen LogP contribution in [0.1, 0.15) is 36.5 Å². The molecule has 0 aromatic heterocycles. The van der Waals surface area contributed by atoms with Crippen molar-refractivity contribution in [3.63, 3.8) is 0 Å². The zero-order valence-electron chi connectivity index (χ0n) is 22.4. The summed E-state index contributed by atoms with van der Waals surface area (Å²) in [5.41, 5.74) is 3.72. The van der Waals surface area contributed by atoms with Gasteiger partial charge in [-0.3, -0.25) is 0 Å². The van der Waals surface area contributed by atoms with Crippen molar-refractivity contribution in [2.24, 2.45) is 0 Å². The first-order valence-corrected chi connectivity index (χ1v) is 13.2. The molecule has 0 radical (unpaired) electrons. The van der Waals surface area contributed by atoms with Gasteiger partial charge in [0.05, 0.1) is 7.11 Å². The van der Waals surface area contributed by atoms with Crippen molar-refractivity contribution in [2.75, 3.05) is 33.4 Å². The van der Waals surface area contributed by atoms with E-state index in [-0.39, 0.29) is 18.3 Å². The molecule has 5 aromatic carbocycles. The normalized spacial score (nSPS) is 11.9. The fourth-order valence-corrected chi connectivity index (χ4v) is 5.28. The second kappa shape index (κ2) is 12.8. The molecule has 196 valence electrons. The molecular weight excluding hydrogens is 490 g/mol. The van der Waals surface area contributed by atoms with E-state index >= 15 is 0 Å². The summed E-state index contributed by atoms with van der Waals surface area (Å²) in [6, 6.07) is 36.8. The Morgan fingerprint density at radius 3 is 2.05 bits per heavy atom. The molecule has 0 amide bonds. The van der Waals surface area contributed by atoms with Gasteiger partial charge in [0.25, 0.3) is 0 Å². The smallest absolute Gasteiger partial charge is 0.119 e. The number of likely N-dealkylation sites (N-methyl/N-ethyl adjacent to an activating group) is 1. The molecule has 0 aliphatic carbocycles. The Morgan fingerprint density at radius 2 is 1.34 bits per heavy atom. The zero-order valence-corrected chi connectivity index (χ0v) is 23.2. The lowest BCUT2D eigenvalue weighted by Gasteiger charge is -2.23. The summed E-state index contributed by atoms with van der Waals surface area (Å²) >= 11 is 0. The van der Waals surface area contributed by atoms with E-state index in [4.69, 9.17) is 9.47 Å². The number of ether oxygens (including phenoxy) is 2. The molecule has 4 heteroatoms. The largest absolute Gasteiger partial charge is 0.497 e. The van der Waals surface area contributed by atoms with Crippen molar-refractivity contribution in [3.8, 4) is 11.5 Å². The van der Waals surface area contributed by atoms with Gasteiger partial charge < -0.3 is 14.4 Å². The van der Waals surface area contributed by atoms with Gasteiger partial charge in [-0.2, -0.15) is 0 Å². The number of methoxy groups -OCH3 is 1. The highest BCUT2D eigenvalue weighted by Crippen LogP contribution is 2.40. The third-order valence-electron chi connectivity index (χ3n) is 7.32. The maximum absolute atomic E-state index is 6.09. The van der Waals surface area contributed by atoms with E-state index in [9.17, 15) is 0 Å². The number of benzene rings is 5. The first kappa shape index (κ1) is 27.5. The maximum atomic E-state index is 6.09. The number of hydrogen-bond donors (Lipinski definition) is 0. The van der Waals surface area contributed by atoms with Crippen LogP contribution in [0, 0.1) is 0 Å². The van der Waals surface area contributed by atoms with Crippen LogP contribution in [-0.2, 0) is 0 Å². The van der Waals surface area contributed by atoms with Gasteiger partial charge in [0.2, 0.25) is 0 Å². The summed E-state index contributed by atoms with van der Waals surface area (Å²) < 4.78 is 11.7. The van der Waals surface area contributed by atoms with Crippen molar-refractivity contribution in [1.29, 1.82) is 0 Å². The first-order valence-electron chi connectivity index (χ1n) is 13.2. The molecular formula is C34H36ClNO2. The predicted molar refractivity (Wildman–Crippen MR) is 162 cm³/mol. The van der Waals surface area contributed by atoms with E-state index < -0.39 is 0 Å². The van der Waals surface area contributed by atoms with Crippen LogP contribution in [0.4, 0.5) is 0 Å². The van der Waals surface area contributed by atoms with Crippen molar-refractivity contribution >= 4 is 34.0 Å². The average molecular weight is 526 g/mol. The molecule has 5 aromatic rings. The highest BCUT2D eigenvalue weighted by molar-refractivity contribution is 6.09. The third-order valence-corrected chi connectivity index (χ3v) is 7.32. The SMILES string of the molecule is CCN(CC)CCOc1ccc(C(c2cccc(OC)c2)c2cc3ccccc3c3ccccc23)cc1.Cl. The minimum Gasteiger partial charge on any atom is -0.497 e. The van der Waals surface area contributed by atoms with Gasteiger partial charge in [0.1, 0.15) is 18.1 Å². The molecule has 38 heavy (non-hydrogen) atoms. The summed E-state index contributed by atoms with van der Waals surface area (Å²) in [6.07, 6.45) is 0. The fourth-order valence-electron chi connectivity index (χ4n) is 5.28. The van der Waals surface area contributed by atoms with Gasteiger partial charge in [0.15, 0.2) is 0 Å². The lowest BCUT2D eigenvalue weighted by atomic mass is 9.81. The van der Waals surface area contributed by atoms with Gasteiger partial charge in [-0.25, -0.2) is 0 Å². The number of rotatable bonds is 10. The van der Waals surface area contributed by atoms with Crippen molar-refractivity contribution in [1.82, 2.24) is 4.90 Å². The second-order valence-electron chi connectivity index (χ2n) is 9.39.